The number of hydrogen-bond acceptors (Lipinski definition) is 6. The molecule has 0 radical (unpaired) electrons. The van der Waals surface area contributed by atoms with Gasteiger partial charge in [0.25, 0.3) is 0 Å². The summed E-state index contributed by atoms with van der Waals surface area (Å²) in [4.78, 5) is 26.4. The lowest BCUT2D eigenvalue weighted by molar-refractivity contribution is -0.133. The Balaban J connectivity index is 1.51. The van der Waals surface area contributed by atoms with Crippen LogP contribution < -0.4 is 15.4 Å². The van der Waals surface area contributed by atoms with Gasteiger partial charge in [0.2, 0.25) is 21.8 Å². The molecular weight excluding hydrogens is 565 g/mol. The number of carbonyl (C=O) groups excluding carboxylic acids is 2. The molecule has 8 nitrogen and oxygen atoms in total. The van der Waals surface area contributed by atoms with Gasteiger partial charge >= 0.3 is 0 Å². The topological polar surface area (TPSA) is 125 Å². The first kappa shape index (κ1) is 31.0. The van der Waals surface area contributed by atoms with Crippen LogP contribution in [-0.4, -0.2) is 50.6 Å². The highest BCUT2D eigenvalue weighted by atomic mass is 35.5. The first-order valence-electron chi connectivity index (χ1n) is 12.5. The Morgan fingerprint density at radius 1 is 1.08 bits per heavy atom. The van der Waals surface area contributed by atoms with Crippen molar-refractivity contribution in [1.29, 1.82) is 0 Å². The van der Waals surface area contributed by atoms with Gasteiger partial charge in [0.05, 0.1) is 17.5 Å². The number of amides is 2. The van der Waals surface area contributed by atoms with Crippen LogP contribution in [0.2, 0.25) is 5.02 Å². The summed E-state index contributed by atoms with van der Waals surface area (Å²) in [6.07, 6.45) is -0.239. The van der Waals surface area contributed by atoms with Gasteiger partial charge in [-0.2, -0.15) is 0 Å². The Labute approximate surface area is 237 Å². The number of fused-ring (bicyclic) bond motifs is 1. The zero-order valence-corrected chi connectivity index (χ0v) is 24.4. The fourth-order valence-corrected chi connectivity index (χ4v) is 6.51. The Kier molecular flexibility index (Phi) is 10.5. The summed E-state index contributed by atoms with van der Waals surface area (Å²) in [7, 11) is -3.92. The molecule has 3 rings (SSSR count). The third-order valence-corrected chi connectivity index (χ3v) is 9.05. The largest absolute Gasteiger partial charge is 0.390 e. The molecule has 212 valence electrons. The van der Waals surface area contributed by atoms with Gasteiger partial charge in [-0.3, -0.25) is 9.59 Å². The summed E-state index contributed by atoms with van der Waals surface area (Å²) in [6.45, 7) is 5.60. The zero-order chi connectivity index (χ0) is 28.8. The van der Waals surface area contributed by atoms with Crippen molar-refractivity contribution in [2.75, 3.05) is 13.1 Å². The van der Waals surface area contributed by atoms with E-state index in [1.54, 1.807) is 20.8 Å². The number of benzene rings is 2. The van der Waals surface area contributed by atoms with E-state index in [1.807, 2.05) is 30.3 Å². The van der Waals surface area contributed by atoms with Crippen LogP contribution in [0.1, 0.15) is 38.5 Å². The molecule has 2 atom stereocenters. The molecule has 3 aromatic rings. The van der Waals surface area contributed by atoms with Crippen molar-refractivity contribution >= 4 is 54.9 Å². The molecule has 0 bridgehead atoms. The van der Waals surface area contributed by atoms with Crippen molar-refractivity contribution < 1.29 is 27.5 Å². The molecule has 2 amide bonds. The third kappa shape index (κ3) is 8.71. The molecular formula is C27H33ClFN3O5S2. The van der Waals surface area contributed by atoms with Crippen LogP contribution in [-0.2, 0) is 26.0 Å². The van der Waals surface area contributed by atoms with Crippen molar-refractivity contribution in [3.05, 3.63) is 64.2 Å². The second-order valence-electron chi connectivity index (χ2n) is 10.3. The maximum absolute atomic E-state index is 13.2. The van der Waals surface area contributed by atoms with Crippen LogP contribution in [0.15, 0.2) is 53.4 Å². The highest BCUT2D eigenvalue weighted by Gasteiger charge is 2.36. The first-order valence-corrected chi connectivity index (χ1v) is 15.1. The van der Waals surface area contributed by atoms with Crippen LogP contribution in [0.5, 0.6) is 0 Å². The number of unbranched alkanes of at least 4 members (excludes halogenated alkanes) is 1. The van der Waals surface area contributed by atoms with Crippen LogP contribution >= 0.6 is 22.9 Å². The number of halogens is 2. The average Bonchev–Trinajstić information content (AvgIpc) is 3.25. The average molecular weight is 598 g/mol. The lowest BCUT2D eigenvalue weighted by Gasteiger charge is -2.32. The summed E-state index contributed by atoms with van der Waals surface area (Å²) < 4.78 is 41.4. The van der Waals surface area contributed by atoms with Gasteiger partial charge in [-0.1, -0.05) is 50.6 Å². The number of rotatable bonds is 12. The molecule has 0 aliphatic rings. The summed E-state index contributed by atoms with van der Waals surface area (Å²) in [5, 5.41) is 17.1. The number of carbonyl (C=O) groups is 2. The fraction of sp³-hybridized carbons (Fsp3) is 0.407. The van der Waals surface area contributed by atoms with E-state index in [9.17, 15) is 27.5 Å². The third-order valence-electron chi connectivity index (χ3n) is 5.99. The molecule has 0 saturated carbocycles. The normalized spacial score (nSPS) is 13.7. The molecule has 0 aliphatic heterocycles. The lowest BCUT2D eigenvalue weighted by atomic mass is 9.84. The molecule has 2 aromatic carbocycles. The number of hydrogen-bond donors (Lipinski definition) is 4. The van der Waals surface area contributed by atoms with E-state index in [0.29, 0.717) is 12.8 Å². The molecule has 0 unspecified atom stereocenters. The van der Waals surface area contributed by atoms with Gasteiger partial charge in [-0.15, -0.1) is 11.3 Å². The second kappa shape index (κ2) is 13.2. The van der Waals surface area contributed by atoms with Gasteiger partial charge in [-0.25, -0.2) is 17.5 Å². The molecule has 0 saturated heterocycles. The predicted octanol–water partition coefficient (Wildman–Crippen LogP) is 4.00. The van der Waals surface area contributed by atoms with Crippen molar-refractivity contribution in [2.45, 2.75) is 57.1 Å². The van der Waals surface area contributed by atoms with Crippen LogP contribution in [0.3, 0.4) is 0 Å². The quantitative estimate of drug-likeness (QED) is 0.235. The molecule has 0 aliphatic carbocycles. The maximum atomic E-state index is 13.2. The summed E-state index contributed by atoms with van der Waals surface area (Å²) in [5.74, 6) is -1.54. The lowest BCUT2D eigenvalue weighted by Crippen LogP contribution is -2.57. The molecule has 1 heterocycles. The van der Waals surface area contributed by atoms with Gasteiger partial charge in [0, 0.05) is 22.7 Å². The van der Waals surface area contributed by atoms with E-state index in [0.717, 1.165) is 33.2 Å². The van der Waals surface area contributed by atoms with E-state index < -0.39 is 39.3 Å². The van der Waals surface area contributed by atoms with Crippen LogP contribution in [0, 0.1) is 11.2 Å². The zero-order valence-electron chi connectivity index (χ0n) is 22.0. The Morgan fingerprint density at radius 2 is 1.77 bits per heavy atom. The Hall–Kier alpha value is -2.57. The smallest absolute Gasteiger partial charge is 0.245 e. The predicted molar refractivity (Wildman–Crippen MR) is 152 cm³/mol. The highest BCUT2D eigenvalue weighted by molar-refractivity contribution is 7.89. The number of aliphatic hydroxyl groups excluding tert-OH is 1. The number of nitrogens with one attached hydrogen (secondary N) is 3. The number of thiophene rings is 1. The number of aliphatic hydroxyl groups is 1. The van der Waals surface area contributed by atoms with Crippen LogP contribution in [0.4, 0.5) is 4.39 Å². The second-order valence-corrected chi connectivity index (χ2v) is 13.6. The van der Waals surface area contributed by atoms with Gasteiger partial charge in [0.15, 0.2) is 0 Å². The monoisotopic (exact) mass is 597 g/mol. The molecule has 0 spiro atoms. The van der Waals surface area contributed by atoms with E-state index >= 15 is 0 Å². The van der Waals surface area contributed by atoms with E-state index in [4.69, 9.17) is 11.6 Å². The molecule has 12 heteroatoms. The maximum Gasteiger partial charge on any atom is 0.245 e. The molecule has 0 fully saturated rings. The van der Waals surface area contributed by atoms with Crippen molar-refractivity contribution in [3.8, 4) is 0 Å². The highest BCUT2D eigenvalue weighted by Crippen LogP contribution is 2.26. The minimum Gasteiger partial charge on any atom is -0.390 e. The summed E-state index contributed by atoms with van der Waals surface area (Å²) in [5.41, 5.74) is -0.674. The Morgan fingerprint density at radius 3 is 2.44 bits per heavy atom. The van der Waals surface area contributed by atoms with Gasteiger partial charge in [0.1, 0.15) is 16.8 Å². The van der Waals surface area contributed by atoms with E-state index in [2.05, 4.69) is 15.4 Å². The van der Waals surface area contributed by atoms with E-state index in [-0.39, 0.29) is 35.3 Å². The summed E-state index contributed by atoms with van der Waals surface area (Å²) >= 11 is 7.34. The summed E-state index contributed by atoms with van der Waals surface area (Å²) in [6, 6.07) is 11.6. The fourth-order valence-electron chi connectivity index (χ4n) is 3.84. The first-order chi connectivity index (χ1) is 18.3. The number of sulfonamides is 1. The van der Waals surface area contributed by atoms with Crippen LogP contribution in [0.25, 0.3) is 10.1 Å². The minimum absolute atomic E-state index is 0.0753. The van der Waals surface area contributed by atoms with Crippen molar-refractivity contribution in [3.63, 3.8) is 0 Å². The van der Waals surface area contributed by atoms with E-state index in [1.165, 1.54) is 11.3 Å². The van der Waals surface area contributed by atoms with Crippen molar-refractivity contribution in [2.24, 2.45) is 5.41 Å². The molecule has 4 N–H and O–H groups in total. The standard InChI is InChI=1S/C27H33ClFN3O5S2/c1-27(2,3)25(34)24(32-23(33)16-19-14-17-8-4-5-9-21(17)38-19)26(35)30-12-6-7-13-31-39(36,37)22-11-10-18(29)15-20(22)28/h4-5,8-11,14-15,24-25,31,34H,6-7,12-13,16H2,1-3H3,(H,30,35)(H,32,33)/t24-,25+/m0/s1. The Bertz CT molecular complexity index is 1390. The SMILES string of the molecule is CC(C)(C)[C@H](O)[C@H](NC(=O)Cc1cc2ccccc2s1)C(=O)NCCCCNS(=O)(=O)c1ccc(F)cc1Cl. The molecule has 1 aromatic heterocycles. The molecule has 39 heavy (non-hydrogen) atoms. The van der Waals surface area contributed by atoms with Gasteiger partial charge < -0.3 is 15.7 Å². The van der Waals surface area contributed by atoms with Crippen molar-refractivity contribution in [1.82, 2.24) is 15.4 Å². The minimum atomic E-state index is -3.92. The van der Waals surface area contributed by atoms with Gasteiger partial charge in [-0.05, 0) is 54.0 Å².